The number of piperidine rings is 1. The fourth-order valence-corrected chi connectivity index (χ4v) is 4.19. The molecule has 2 rings (SSSR count). The van der Waals surface area contributed by atoms with Crippen LogP contribution in [0.2, 0.25) is 0 Å². The Morgan fingerprint density at radius 1 is 1.22 bits per heavy atom. The third kappa shape index (κ3) is 5.14. The SMILES string of the molecule is CC[C@@H](O)CN1CCN(C(=O)[C@@H]2CCCN(S(C)(=O)=O)C2)CC1. The van der Waals surface area contributed by atoms with Gasteiger partial charge in [0.2, 0.25) is 15.9 Å². The molecule has 8 heteroatoms. The van der Waals surface area contributed by atoms with Crippen LogP contribution in [0, 0.1) is 5.92 Å². The fraction of sp³-hybridized carbons (Fsp3) is 0.933. The number of hydrogen-bond donors (Lipinski definition) is 1. The summed E-state index contributed by atoms with van der Waals surface area (Å²) in [5, 5.41) is 9.71. The van der Waals surface area contributed by atoms with E-state index in [0.29, 0.717) is 32.7 Å². The van der Waals surface area contributed by atoms with Crippen LogP contribution in [-0.4, -0.2) is 91.7 Å². The van der Waals surface area contributed by atoms with Crippen molar-refractivity contribution in [1.82, 2.24) is 14.1 Å². The molecular formula is C15H29N3O4S. The number of nitrogens with zero attached hydrogens (tertiary/aromatic N) is 3. The molecule has 2 heterocycles. The van der Waals surface area contributed by atoms with Crippen LogP contribution in [0.25, 0.3) is 0 Å². The second kappa shape index (κ2) is 7.92. The minimum absolute atomic E-state index is 0.0778. The highest BCUT2D eigenvalue weighted by Gasteiger charge is 2.33. The van der Waals surface area contributed by atoms with Gasteiger partial charge in [0, 0.05) is 45.8 Å². The Kier molecular flexibility index (Phi) is 6.41. The molecule has 23 heavy (non-hydrogen) atoms. The summed E-state index contributed by atoms with van der Waals surface area (Å²) in [5.74, 6) is -0.139. The van der Waals surface area contributed by atoms with E-state index in [4.69, 9.17) is 0 Å². The Morgan fingerprint density at radius 3 is 2.43 bits per heavy atom. The number of sulfonamides is 1. The van der Waals surface area contributed by atoms with Crippen LogP contribution in [0.5, 0.6) is 0 Å². The van der Waals surface area contributed by atoms with Crippen LogP contribution in [0.3, 0.4) is 0 Å². The van der Waals surface area contributed by atoms with Crippen molar-refractivity contribution in [3.63, 3.8) is 0 Å². The molecule has 7 nitrogen and oxygen atoms in total. The molecule has 2 atom stereocenters. The van der Waals surface area contributed by atoms with Crippen molar-refractivity contribution in [1.29, 1.82) is 0 Å². The number of amides is 1. The summed E-state index contributed by atoms with van der Waals surface area (Å²) >= 11 is 0. The Hall–Kier alpha value is -0.700. The molecule has 0 unspecified atom stereocenters. The Balaban J connectivity index is 1.85. The van der Waals surface area contributed by atoms with Gasteiger partial charge < -0.3 is 10.0 Å². The van der Waals surface area contributed by atoms with Gasteiger partial charge in [-0.3, -0.25) is 9.69 Å². The lowest BCUT2D eigenvalue weighted by Crippen LogP contribution is -2.53. The minimum Gasteiger partial charge on any atom is -0.392 e. The number of aliphatic hydroxyl groups is 1. The number of carbonyl (C=O) groups excluding carboxylic acids is 1. The largest absolute Gasteiger partial charge is 0.392 e. The van der Waals surface area contributed by atoms with Crippen molar-refractivity contribution in [3.05, 3.63) is 0 Å². The van der Waals surface area contributed by atoms with E-state index in [0.717, 1.165) is 32.4 Å². The first kappa shape index (κ1) is 18.6. The maximum atomic E-state index is 12.6. The van der Waals surface area contributed by atoms with E-state index >= 15 is 0 Å². The Labute approximate surface area is 139 Å². The van der Waals surface area contributed by atoms with Crippen LogP contribution in [0.1, 0.15) is 26.2 Å². The number of rotatable bonds is 5. The van der Waals surface area contributed by atoms with Gasteiger partial charge in [-0.2, -0.15) is 0 Å². The van der Waals surface area contributed by atoms with E-state index < -0.39 is 10.0 Å². The summed E-state index contributed by atoms with van der Waals surface area (Å²) in [6, 6.07) is 0. The Morgan fingerprint density at radius 2 is 1.87 bits per heavy atom. The normalized spacial score (nSPS) is 26.2. The third-order valence-electron chi connectivity index (χ3n) is 4.83. The highest BCUT2D eigenvalue weighted by atomic mass is 32.2. The van der Waals surface area contributed by atoms with Gasteiger partial charge in [0.25, 0.3) is 0 Å². The van der Waals surface area contributed by atoms with E-state index in [1.165, 1.54) is 10.6 Å². The maximum absolute atomic E-state index is 12.6. The van der Waals surface area contributed by atoms with Gasteiger partial charge in [0.05, 0.1) is 18.3 Å². The lowest BCUT2D eigenvalue weighted by molar-refractivity contribution is -0.138. The molecule has 0 bridgehead atoms. The second-order valence-corrected chi connectivity index (χ2v) is 8.63. The summed E-state index contributed by atoms with van der Waals surface area (Å²) < 4.78 is 24.8. The molecule has 1 N–H and O–H groups in total. The van der Waals surface area contributed by atoms with E-state index in [2.05, 4.69) is 4.90 Å². The van der Waals surface area contributed by atoms with E-state index in [1.807, 2.05) is 11.8 Å². The van der Waals surface area contributed by atoms with Crippen molar-refractivity contribution in [2.45, 2.75) is 32.3 Å². The fourth-order valence-electron chi connectivity index (χ4n) is 3.28. The van der Waals surface area contributed by atoms with Crippen LogP contribution in [0.4, 0.5) is 0 Å². The first-order valence-electron chi connectivity index (χ1n) is 8.45. The quantitative estimate of drug-likeness (QED) is 0.730. The summed E-state index contributed by atoms with van der Waals surface area (Å²) in [6.45, 7) is 6.30. The number of aliphatic hydroxyl groups excluding tert-OH is 1. The number of carbonyl (C=O) groups is 1. The molecule has 0 aromatic rings. The lowest BCUT2D eigenvalue weighted by atomic mass is 9.97. The van der Waals surface area contributed by atoms with E-state index in [-0.39, 0.29) is 17.9 Å². The van der Waals surface area contributed by atoms with Crippen molar-refractivity contribution >= 4 is 15.9 Å². The van der Waals surface area contributed by atoms with Gasteiger partial charge in [0.15, 0.2) is 0 Å². The molecule has 134 valence electrons. The zero-order valence-electron chi connectivity index (χ0n) is 14.1. The van der Waals surface area contributed by atoms with Gasteiger partial charge in [0.1, 0.15) is 0 Å². The molecule has 0 spiro atoms. The molecular weight excluding hydrogens is 318 g/mol. The highest BCUT2D eigenvalue weighted by Crippen LogP contribution is 2.21. The first-order valence-corrected chi connectivity index (χ1v) is 10.3. The average Bonchev–Trinajstić information content (AvgIpc) is 2.54. The first-order chi connectivity index (χ1) is 10.8. The maximum Gasteiger partial charge on any atom is 0.227 e. The second-order valence-electron chi connectivity index (χ2n) is 6.65. The van der Waals surface area contributed by atoms with Gasteiger partial charge in [-0.25, -0.2) is 12.7 Å². The molecule has 0 aromatic carbocycles. The molecule has 2 saturated heterocycles. The lowest BCUT2D eigenvalue weighted by Gasteiger charge is -2.39. The van der Waals surface area contributed by atoms with Crippen LogP contribution in [-0.2, 0) is 14.8 Å². The Bertz CT molecular complexity index is 503. The summed E-state index contributed by atoms with van der Waals surface area (Å²) in [7, 11) is -3.22. The summed E-state index contributed by atoms with van der Waals surface area (Å²) in [5.41, 5.74) is 0. The molecule has 0 aliphatic carbocycles. The van der Waals surface area contributed by atoms with Gasteiger partial charge in [-0.1, -0.05) is 6.92 Å². The van der Waals surface area contributed by atoms with Crippen molar-refractivity contribution < 1.29 is 18.3 Å². The zero-order valence-corrected chi connectivity index (χ0v) is 15.0. The molecule has 1 amide bonds. The van der Waals surface area contributed by atoms with Crippen LogP contribution < -0.4 is 0 Å². The highest BCUT2D eigenvalue weighted by molar-refractivity contribution is 7.88. The average molecular weight is 347 g/mol. The minimum atomic E-state index is -3.22. The number of β-amino-alcohol motifs (C(OH)–C–C–N with tert-alkyl or cyclic N) is 1. The van der Waals surface area contributed by atoms with Gasteiger partial charge in [-0.15, -0.1) is 0 Å². The zero-order chi connectivity index (χ0) is 17.0. The van der Waals surface area contributed by atoms with E-state index in [1.54, 1.807) is 0 Å². The third-order valence-corrected chi connectivity index (χ3v) is 6.10. The molecule has 0 saturated carbocycles. The molecule has 0 radical (unpaired) electrons. The van der Waals surface area contributed by atoms with Crippen LogP contribution in [0.15, 0.2) is 0 Å². The molecule has 2 aliphatic rings. The van der Waals surface area contributed by atoms with Crippen molar-refractivity contribution in [2.75, 3.05) is 52.1 Å². The smallest absolute Gasteiger partial charge is 0.227 e. The summed E-state index contributed by atoms with van der Waals surface area (Å²) in [4.78, 5) is 16.7. The summed E-state index contributed by atoms with van der Waals surface area (Å²) in [6.07, 6.45) is 3.14. The molecule has 2 aliphatic heterocycles. The molecule has 0 aromatic heterocycles. The monoisotopic (exact) mass is 347 g/mol. The van der Waals surface area contributed by atoms with Crippen LogP contribution >= 0.6 is 0 Å². The number of hydrogen-bond acceptors (Lipinski definition) is 5. The standard InChI is InChI=1S/C15H29N3O4S/c1-3-14(19)12-16-7-9-17(10-8-16)15(20)13-5-4-6-18(11-13)23(2,21)22/h13-14,19H,3-12H2,1-2H3/t13-,14-/m1/s1. The predicted molar refractivity (Wildman–Crippen MR) is 88.5 cm³/mol. The van der Waals surface area contributed by atoms with Crippen molar-refractivity contribution in [2.24, 2.45) is 5.92 Å². The van der Waals surface area contributed by atoms with Gasteiger partial charge >= 0.3 is 0 Å². The van der Waals surface area contributed by atoms with Crippen molar-refractivity contribution in [3.8, 4) is 0 Å². The predicted octanol–water partition coefficient (Wildman–Crippen LogP) is -0.427. The topological polar surface area (TPSA) is 81.2 Å². The number of piperazine rings is 1. The molecule has 2 fully saturated rings. The van der Waals surface area contributed by atoms with Gasteiger partial charge in [-0.05, 0) is 19.3 Å². The van der Waals surface area contributed by atoms with E-state index in [9.17, 15) is 18.3 Å².